The molecule has 1 atom stereocenters. The number of furan rings is 1. The SMILES string of the molecule is COc1cccc(C(=O)c2ccc3oc(CCN4CCC[C@H]4C)cc3c2)c1. The zero-order chi connectivity index (χ0) is 18.8. The molecule has 1 aliphatic rings. The lowest BCUT2D eigenvalue weighted by molar-refractivity contribution is 0.103. The van der Waals surface area contributed by atoms with Crippen LogP contribution in [0.1, 0.15) is 41.4 Å². The number of likely N-dealkylation sites (tertiary alicyclic amines) is 1. The number of ketones is 1. The summed E-state index contributed by atoms with van der Waals surface area (Å²) < 4.78 is 11.2. The van der Waals surface area contributed by atoms with Crippen LogP contribution in [0, 0.1) is 0 Å². The number of ether oxygens (including phenoxy) is 1. The van der Waals surface area contributed by atoms with Gasteiger partial charge in [-0.15, -0.1) is 0 Å². The molecule has 4 heteroatoms. The Kier molecular flexibility index (Phi) is 4.99. The number of carbonyl (C=O) groups is 1. The molecule has 2 aromatic carbocycles. The maximum Gasteiger partial charge on any atom is 0.193 e. The molecule has 1 aliphatic heterocycles. The van der Waals surface area contributed by atoms with Crippen molar-refractivity contribution < 1.29 is 13.9 Å². The molecule has 0 N–H and O–H groups in total. The second kappa shape index (κ2) is 7.57. The van der Waals surface area contributed by atoms with Crippen LogP contribution in [0.3, 0.4) is 0 Å². The zero-order valence-electron chi connectivity index (χ0n) is 15.9. The van der Waals surface area contributed by atoms with Gasteiger partial charge < -0.3 is 14.1 Å². The van der Waals surface area contributed by atoms with Crippen LogP contribution >= 0.6 is 0 Å². The minimum atomic E-state index is -0.00978. The molecule has 0 saturated carbocycles. The first-order chi connectivity index (χ1) is 13.1. The lowest BCUT2D eigenvalue weighted by Crippen LogP contribution is -2.28. The number of rotatable bonds is 6. The van der Waals surface area contributed by atoms with Crippen LogP contribution in [0.15, 0.2) is 52.9 Å². The highest BCUT2D eigenvalue weighted by Crippen LogP contribution is 2.24. The van der Waals surface area contributed by atoms with Gasteiger partial charge in [0.25, 0.3) is 0 Å². The summed E-state index contributed by atoms with van der Waals surface area (Å²) in [6.45, 7) is 4.50. The summed E-state index contributed by atoms with van der Waals surface area (Å²) in [5, 5.41) is 0.980. The first kappa shape index (κ1) is 17.8. The Labute approximate surface area is 159 Å². The van der Waals surface area contributed by atoms with Crippen molar-refractivity contribution in [2.75, 3.05) is 20.2 Å². The Hall–Kier alpha value is -2.59. The quantitative estimate of drug-likeness (QED) is 0.596. The molecule has 1 aromatic heterocycles. The average molecular weight is 363 g/mol. The fourth-order valence-electron chi connectivity index (χ4n) is 3.87. The number of fused-ring (bicyclic) bond motifs is 1. The van der Waals surface area contributed by atoms with E-state index in [1.165, 1.54) is 19.4 Å². The molecule has 0 radical (unpaired) electrons. The fraction of sp³-hybridized carbons (Fsp3) is 0.348. The lowest BCUT2D eigenvalue weighted by atomic mass is 10.0. The van der Waals surface area contributed by atoms with Gasteiger partial charge in [-0.05, 0) is 62.7 Å². The molecular weight excluding hydrogens is 338 g/mol. The van der Waals surface area contributed by atoms with Gasteiger partial charge in [-0.25, -0.2) is 0 Å². The van der Waals surface area contributed by atoms with Crippen molar-refractivity contribution in [3.63, 3.8) is 0 Å². The van der Waals surface area contributed by atoms with Crippen LogP contribution in [-0.2, 0) is 6.42 Å². The molecule has 0 bridgehead atoms. The van der Waals surface area contributed by atoms with E-state index in [0.717, 1.165) is 29.7 Å². The molecule has 0 unspecified atom stereocenters. The highest BCUT2D eigenvalue weighted by molar-refractivity contribution is 6.10. The summed E-state index contributed by atoms with van der Waals surface area (Å²) in [7, 11) is 1.60. The van der Waals surface area contributed by atoms with Crippen LogP contribution in [0.4, 0.5) is 0 Å². The van der Waals surface area contributed by atoms with E-state index in [2.05, 4.69) is 17.9 Å². The van der Waals surface area contributed by atoms with Crippen molar-refractivity contribution in [2.24, 2.45) is 0 Å². The molecule has 27 heavy (non-hydrogen) atoms. The molecule has 0 aliphatic carbocycles. The second-order valence-corrected chi connectivity index (χ2v) is 7.30. The maximum absolute atomic E-state index is 12.8. The fourth-order valence-corrected chi connectivity index (χ4v) is 3.87. The molecule has 140 valence electrons. The van der Waals surface area contributed by atoms with Crippen molar-refractivity contribution in [1.29, 1.82) is 0 Å². The van der Waals surface area contributed by atoms with E-state index in [-0.39, 0.29) is 5.78 Å². The third kappa shape index (κ3) is 3.76. The first-order valence-corrected chi connectivity index (χ1v) is 9.59. The number of hydrogen-bond donors (Lipinski definition) is 0. The van der Waals surface area contributed by atoms with Crippen molar-refractivity contribution in [1.82, 2.24) is 4.90 Å². The predicted molar refractivity (Wildman–Crippen MR) is 107 cm³/mol. The van der Waals surface area contributed by atoms with Crippen molar-refractivity contribution >= 4 is 16.8 Å². The van der Waals surface area contributed by atoms with Crippen molar-refractivity contribution in [3.8, 4) is 5.75 Å². The van der Waals surface area contributed by atoms with Crippen LogP contribution < -0.4 is 4.74 Å². The zero-order valence-corrected chi connectivity index (χ0v) is 15.9. The van der Waals surface area contributed by atoms with Gasteiger partial charge in [0.05, 0.1) is 7.11 Å². The largest absolute Gasteiger partial charge is 0.497 e. The van der Waals surface area contributed by atoms with Gasteiger partial charge in [0.15, 0.2) is 5.78 Å². The number of methoxy groups -OCH3 is 1. The highest BCUT2D eigenvalue weighted by atomic mass is 16.5. The Balaban J connectivity index is 1.52. The van der Waals surface area contributed by atoms with Crippen LogP contribution in [0.25, 0.3) is 11.0 Å². The Bertz CT molecular complexity index is 959. The topological polar surface area (TPSA) is 42.7 Å². The Morgan fingerprint density at radius 2 is 2.04 bits per heavy atom. The average Bonchev–Trinajstić information content (AvgIpc) is 3.30. The van der Waals surface area contributed by atoms with Gasteiger partial charge in [0.2, 0.25) is 0 Å². The summed E-state index contributed by atoms with van der Waals surface area (Å²) in [5.74, 6) is 1.66. The standard InChI is InChI=1S/C23H25NO3/c1-16-5-4-11-24(16)12-10-21-15-19-13-18(8-9-22(19)27-21)23(25)17-6-3-7-20(14-17)26-2/h3,6-9,13-16H,4-5,10-12H2,1-2H3/t16-/m1/s1. The summed E-state index contributed by atoms with van der Waals surface area (Å²) in [6, 6.07) is 15.6. The Morgan fingerprint density at radius 3 is 2.81 bits per heavy atom. The summed E-state index contributed by atoms with van der Waals surface area (Å²) in [4.78, 5) is 15.3. The summed E-state index contributed by atoms with van der Waals surface area (Å²) in [5.41, 5.74) is 2.12. The van der Waals surface area contributed by atoms with Gasteiger partial charge >= 0.3 is 0 Å². The van der Waals surface area contributed by atoms with E-state index in [1.54, 1.807) is 13.2 Å². The molecule has 4 nitrogen and oxygen atoms in total. The normalized spacial score (nSPS) is 17.5. The number of carbonyl (C=O) groups excluding carboxylic acids is 1. The van der Waals surface area contributed by atoms with Gasteiger partial charge in [-0.2, -0.15) is 0 Å². The van der Waals surface area contributed by atoms with Gasteiger partial charge in [-0.3, -0.25) is 4.79 Å². The summed E-state index contributed by atoms with van der Waals surface area (Å²) in [6.07, 6.45) is 3.48. The van der Waals surface area contributed by atoms with E-state index >= 15 is 0 Å². The maximum atomic E-state index is 12.8. The van der Waals surface area contributed by atoms with E-state index in [4.69, 9.17) is 9.15 Å². The third-order valence-corrected chi connectivity index (χ3v) is 5.50. The van der Waals surface area contributed by atoms with Gasteiger partial charge in [-0.1, -0.05) is 12.1 Å². The minimum Gasteiger partial charge on any atom is -0.497 e. The molecule has 1 saturated heterocycles. The van der Waals surface area contributed by atoms with Crippen LogP contribution in [0.2, 0.25) is 0 Å². The number of hydrogen-bond acceptors (Lipinski definition) is 4. The van der Waals surface area contributed by atoms with Crippen molar-refractivity contribution in [3.05, 3.63) is 65.4 Å². The molecule has 1 fully saturated rings. The lowest BCUT2D eigenvalue weighted by Gasteiger charge is -2.19. The van der Waals surface area contributed by atoms with Gasteiger partial charge in [0.1, 0.15) is 17.1 Å². The molecule has 2 heterocycles. The molecule has 4 rings (SSSR count). The minimum absolute atomic E-state index is 0.00978. The van der Waals surface area contributed by atoms with Crippen molar-refractivity contribution in [2.45, 2.75) is 32.2 Å². The van der Waals surface area contributed by atoms with Crippen LogP contribution in [0.5, 0.6) is 5.75 Å². The van der Waals surface area contributed by atoms with Crippen LogP contribution in [-0.4, -0.2) is 36.9 Å². The Morgan fingerprint density at radius 1 is 1.19 bits per heavy atom. The van der Waals surface area contributed by atoms with Gasteiger partial charge in [0, 0.05) is 35.5 Å². The molecule has 3 aromatic rings. The highest BCUT2D eigenvalue weighted by Gasteiger charge is 2.20. The monoisotopic (exact) mass is 363 g/mol. The third-order valence-electron chi connectivity index (χ3n) is 5.50. The molecule has 0 amide bonds. The van der Waals surface area contributed by atoms with E-state index in [1.807, 2.05) is 36.4 Å². The molecule has 0 spiro atoms. The van der Waals surface area contributed by atoms with E-state index in [0.29, 0.717) is 22.9 Å². The predicted octanol–water partition coefficient (Wildman–Crippen LogP) is 4.70. The van der Waals surface area contributed by atoms with E-state index < -0.39 is 0 Å². The smallest absolute Gasteiger partial charge is 0.193 e. The second-order valence-electron chi connectivity index (χ2n) is 7.30. The number of nitrogens with zero attached hydrogens (tertiary/aromatic N) is 1. The molecular formula is C23H25NO3. The van der Waals surface area contributed by atoms with E-state index in [9.17, 15) is 4.79 Å². The first-order valence-electron chi connectivity index (χ1n) is 9.59. The number of benzene rings is 2. The summed E-state index contributed by atoms with van der Waals surface area (Å²) >= 11 is 0.